The molecule has 0 radical (unpaired) electrons. The standard InChI is InChI=1S/C24H25F2N3O3S2/c1-24(17-11-7-3-6-10-16(17)22(24)15-8-4-2-5-9-15)32-20-12-19(26)21(13-18(20)25)34(30,31)29-23-27-14-28-33-23/h2,4-5,8-9,12-14,16-17,22H,3,6-7,10-11H2,1H3,(H,27,28,29)/t16-,17?,22-,24+/m0/s1. The van der Waals surface area contributed by atoms with Crippen molar-refractivity contribution in [1.82, 2.24) is 9.36 Å². The molecule has 0 bridgehead atoms. The van der Waals surface area contributed by atoms with Gasteiger partial charge in [-0.2, -0.15) is 4.37 Å². The summed E-state index contributed by atoms with van der Waals surface area (Å²) in [5, 5.41) is -0.0350. The molecule has 6 nitrogen and oxygen atoms in total. The summed E-state index contributed by atoms with van der Waals surface area (Å²) in [6.07, 6.45) is 6.59. The molecule has 0 amide bonds. The lowest BCUT2D eigenvalue weighted by Crippen LogP contribution is -2.62. The van der Waals surface area contributed by atoms with Crippen LogP contribution in [0.25, 0.3) is 0 Å². The molecule has 0 saturated heterocycles. The first-order chi connectivity index (χ1) is 16.3. The minimum absolute atomic E-state index is 0.0350. The van der Waals surface area contributed by atoms with E-state index >= 15 is 4.39 Å². The van der Waals surface area contributed by atoms with Crippen molar-refractivity contribution in [1.29, 1.82) is 0 Å². The van der Waals surface area contributed by atoms with Crippen LogP contribution in [0.3, 0.4) is 0 Å². The van der Waals surface area contributed by atoms with E-state index in [9.17, 15) is 12.8 Å². The Morgan fingerprint density at radius 1 is 1.09 bits per heavy atom. The largest absolute Gasteiger partial charge is 0.483 e. The van der Waals surface area contributed by atoms with Gasteiger partial charge in [-0.15, -0.1) is 0 Å². The van der Waals surface area contributed by atoms with E-state index in [1.807, 2.05) is 25.1 Å². The first-order valence-electron chi connectivity index (χ1n) is 11.3. The summed E-state index contributed by atoms with van der Waals surface area (Å²) < 4.78 is 67.4. The van der Waals surface area contributed by atoms with Crippen molar-refractivity contribution in [2.45, 2.75) is 55.4 Å². The van der Waals surface area contributed by atoms with Crippen LogP contribution in [-0.4, -0.2) is 23.4 Å². The van der Waals surface area contributed by atoms with E-state index in [1.165, 1.54) is 6.33 Å². The molecule has 2 saturated carbocycles. The molecular formula is C24H25F2N3O3S2. The van der Waals surface area contributed by atoms with Crippen LogP contribution in [0.2, 0.25) is 0 Å². The number of ether oxygens (including phenoxy) is 1. The molecule has 1 unspecified atom stereocenters. The number of nitrogens with zero attached hydrogens (tertiary/aromatic N) is 2. The first kappa shape index (κ1) is 23.2. The van der Waals surface area contributed by atoms with Crippen LogP contribution in [0.15, 0.2) is 53.7 Å². The normalized spacial score (nSPS) is 26.7. The number of sulfonamides is 1. The van der Waals surface area contributed by atoms with Crippen molar-refractivity contribution in [3.8, 4) is 5.75 Å². The molecule has 180 valence electrons. The Morgan fingerprint density at radius 3 is 2.59 bits per heavy atom. The fourth-order valence-corrected chi connectivity index (χ4v) is 7.51. The Morgan fingerprint density at radius 2 is 1.85 bits per heavy atom. The molecule has 3 aromatic rings. The maximum Gasteiger partial charge on any atom is 0.266 e. The number of hydrogen-bond acceptors (Lipinski definition) is 6. The van der Waals surface area contributed by atoms with Gasteiger partial charge in [-0.3, -0.25) is 4.72 Å². The van der Waals surface area contributed by atoms with Crippen molar-refractivity contribution in [3.05, 3.63) is 66.0 Å². The number of anilines is 1. The highest BCUT2D eigenvalue weighted by atomic mass is 32.2. The lowest BCUT2D eigenvalue weighted by molar-refractivity contribution is -0.134. The van der Waals surface area contributed by atoms with Crippen LogP contribution < -0.4 is 9.46 Å². The fraction of sp³-hybridized carbons (Fsp3) is 0.417. The smallest absolute Gasteiger partial charge is 0.266 e. The Balaban J connectivity index is 1.47. The number of halogens is 2. The quantitative estimate of drug-likeness (QED) is 0.461. The highest BCUT2D eigenvalue weighted by Crippen LogP contribution is 2.61. The van der Waals surface area contributed by atoms with Crippen molar-refractivity contribution in [3.63, 3.8) is 0 Å². The van der Waals surface area contributed by atoms with Crippen LogP contribution in [0, 0.1) is 23.5 Å². The van der Waals surface area contributed by atoms with Crippen LogP contribution in [0.4, 0.5) is 13.9 Å². The van der Waals surface area contributed by atoms with Gasteiger partial charge in [-0.05, 0) is 31.2 Å². The van der Waals surface area contributed by atoms with E-state index in [1.54, 1.807) is 0 Å². The van der Waals surface area contributed by atoms with Crippen molar-refractivity contribution >= 4 is 26.7 Å². The lowest BCUT2D eigenvalue weighted by atomic mass is 9.50. The number of aromatic nitrogens is 2. The topological polar surface area (TPSA) is 81.2 Å². The van der Waals surface area contributed by atoms with E-state index in [2.05, 4.69) is 26.2 Å². The number of nitrogens with one attached hydrogen (secondary N) is 1. The zero-order chi connectivity index (χ0) is 23.9. The van der Waals surface area contributed by atoms with Gasteiger partial charge in [-0.1, -0.05) is 49.6 Å². The van der Waals surface area contributed by atoms with Gasteiger partial charge in [0.25, 0.3) is 10.0 Å². The van der Waals surface area contributed by atoms with E-state index in [0.29, 0.717) is 12.0 Å². The predicted octanol–water partition coefficient (Wildman–Crippen LogP) is 5.75. The van der Waals surface area contributed by atoms with Crippen molar-refractivity contribution in [2.24, 2.45) is 11.8 Å². The highest BCUT2D eigenvalue weighted by molar-refractivity contribution is 7.93. The maximum absolute atomic E-state index is 15.2. The minimum atomic E-state index is -4.38. The molecule has 0 spiro atoms. The summed E-state index contributed by atoms with van der Waals surface area (Å²) in [5.74, 6) is -1.63. The number of fused-ring (bicyclic) bond motifs is 1. The molecule has 0 aliphatic heterocycles. The van der Waals surface area contributed by atoms with Gasteiger partial charge >= 0.3 is 0 Å². The molecule has 1 N–H and O–H groups in total. The van der Waals surface area contributed by atoms with Gasteiger partial charge in [0.2, 0.25) is 5.13 Å². The average molecular weight is 506 g/mol. The lowest BCUT2D eigenvalue weighted by Gasteiger charge is -2.59. The molecule has 2 aliphatic carbocycles. The Kier molecular flexibility index (Phi) is 6.05. The molecule has 1 aromatic heterocycles. The summed E-state index contributed by atoms with van der Waals surface area (Å²) in [7, 11) is -4.38. The maximum atomic E-state index is 15.2. The molecule has 2 aliphatic rings. The second kappa shape index (κ2) is 8.88. The molecule has 10 heteroatoms. The van der Waals surface area contributed by atoms with Gasteiger partial charge in [0.1, 0.15) is 22.6 Å². The SMILES string of the molecule is C[C@@]1(Oc2cc(F)c(S(=O)(=O)Nc3ncns3)cc2F)C2CCCCC[C@@H]2[C@@H]1c1ccccc1. The van der Waals surface area contributed by atoms with Gasteiger partial charge in [0, 0.05) is 35.5 Å². The van der Waals surface area contributed by atoms with Gasteiger partial charge in [0.05, 0.1) is 0 Å². The van der Waals surface area contributed by atoms with E-state index in [4.69, 9.17) is 4.74 Å². The highest BCUT2D eigenvalue weighted by Gasteiger charge is 2.61. The summed E-state index contributed by atoms with van der Waals surface area (Å²) in [6, 6.07) is 11.5. The molecule has 1 heterocycles. The summed E-state index contributed by atoms with van der Waals surface area (Å²) in [6.45, 7) is 1.97. The number of rotatable bonds is 6. The fourth-order valence-electron chi connectivity index (χ4n) is 5.78. The first-order valence-corrected chi connectivity index (χ1v) is 13.6. The molecule has 5 rings (SSSR count). The predicted molar refractivity (Wildman–Crippen MR) is 125 cm³/mol. The van der Waals surface area contributed by atoms with Crippen LogP contribution in [0.1, 0.15) is 50.5 Å². The van der Waals surface area contributed by atoms with E-state index in [0.717, 1.165) is 55.3 Å². The van der Waals surface area contributed by atoms with Crippen molar-refractivity contribution < 1.29 is 21.9 Å². The van der Waals surface area contributed by atoms with E-state index in [-0.39, 0.29) is 22.7 Å². The monoisotopic (exact) mass is 505 g/mol. The zero-order valence-corrected chi connectivity index (χ0v) is 20.2. The van der Waals surface area contributed by atoms with Gasteiger partial charge < -0.3 is 4.74 Å². The third kappa shape index (κ3) is 4.07. The average Bonchev–Trinajstić information content (AvgIpc) is 3.20. The Labute approximate surface area is 201 Å². The van der Waals surface area contributed by atoms with Gasteiger partial charge in [-0.25, -0.2) is 22.2 Å². The third-order valence-corrected chi connectivity index (χ3v) is 9.26. The molecule has 2 fully saturated rings. The summed E-state index contributed by atoms with van der Waals surface area (Å²) >= 11 is 0.794. The third-order valence-electron chi connectivity index (χ3n) is 7.20. The van der Waals surface area contributed by atoms with Gasteiger partial charge in [0.15, 0.2) is 11.6 Å². The molecule has 4 atom stereocenters. The van der Waals surface area contributed by atoms with Crippen LogP contribution in [-0.2, 0) is 10.0 Å². The van der Waals surface area contributed by atoms with Crippen LogP contribution >= 0.6 is 11.5 Å². The second-order valence-corrected chi connectivity index (χ2v) is 11.6. The molecule has 34 heavy (non-hydrogen) atoms. The van der Waals surface area contributed by atoms with E-state index < -0.39 is 32.2 Å². The zero-order valence-electron chi connectivity index (χ0n) is 18.6. The van der Waals surface area contributed by atoms with Crippen LogP contribution in [0.5, 0.6) is 5.75 Å². The molecule has 2 aromatic carbocycles. The number of benzene rings is 2. The Hall–Kier alpha value is -2.59. The molecular weight excluding hydrogens is 480 g/mol. The minimum Gasteiger partial charge on any atom is -0.483 e. The summed E-state index contributed by atoms with van der Waals surface area (Å²) in [4.78, 5) is 2.92. The second-order valence-electron chi connectivity index (χ2n) is 9.15. The van der Waals surface area contributed by atoms with Crippen molar-refractivity contribution in [2.75, 3.05) is 4.72 Å². The Bertz CT molecular complexity index is 1270. The summed E-state index contributed by atoms with van der Waals surface area (Å²) in [5.41, 5.74) is 0.393. The number of hydrogen-bond donors (Lipinski definition) is 1.